The largest absolute Gasteiger partial charge is 0.480 e. The van der Waals surface area contributed by atoms with E-state index in [1.165, 1.54) is 0 Å². The van der Waals surface area contributed by atoms with E-state index >= 15 is 0 Å². The Morgan fingerprint density at radius 1 is 0.343 bits per heavy atom. The number of aliphatic hydroxyl groups is 3. The number of hydrogen-bond acceptors (Lipinski definition) is 17. The Morgan fingerprint density at radius 3 is 0.892 bits per heavy atom. The summed E-state index contributed by atoms with van der Waals surface area (Å²) in [4.78, 5) is 139. The highest BCUT2D eigenvalue weighted by Gasteiger charge is 2.27. The van der Waals surface area contributed by atoms with Crippen LogP contribution in [0.5, 0.6) is 0 Å². The van der Waals surface area contributed by atoms with Crippen molar-refractivity contribution in [2.75, 3.05) is 32.7 Å². The van der Waals surface area contributed by atoms with Gasteiger partial charge in [0.2, 0.25) is 47.0 Å². The highest BCUT2D eigenvalue weighted by atomic mass is 16.4. The van der Waals surface area contributed by atoms with E-state index in [-0.39, 0.29) is 91.7 Å². The topological polar surface area (TPSA) is 446 Å². The smallest absolute Gasteiger partial charge is 0.322 e. The van der Waals surface area contributed by atoms with Gasteiger partial charge >= 0.3 is 5.97 Å². The van der Waals surface area contributed by atoms with Crippen molar-refractivity contribution < 1.29 is 78.0 Å². The molecule has 102 heavy (non-hydrogen) atoms. The second-order valence-corrected chi connectivity index (χ2v) is 24.8. The molecule has 27 heteroatoms. The molecule has 27 nitrogen and oxygen atoms in total. The summed E-state index contributed by atoms with van der Waals surface area (Å²) in [7, 11) is 0. The minimum Gasteiger partial charge on any atom is -0.480 e. The van der Waals surface area contributed by atoms with Gasteiger partial charge in [0, 0.05) is 12.0 Å². The van der Waals surface area contributed by atoms with Crippen LogP contribution in [0.3, 0.4) is 0 Å². The van der Waals surface area contributed by atoms with Crippen LogP contribution in [-0.2, 0) is 57.5 Å². The first-order valence-corrected chi connectivity index (χ1v) is 34.9. The Hall–Kier alpha value is -9.28. The van der Waals surface area contributed by atoms with E-state index in [0.29, 0.717) is 19.3 Å². The number of aliphatic carboxylic acids is 1. The van der Waals surface area contributed by atoms with Crippen molar-refractivity contribution in [2.24, 2.45) is 29.2 Å². The zero-order valence-electron chi connectivity index (χ0n) is 61.4. The number of benzene rings is 4. The third-order valence-electron chi connectivity index (χ3n) is 15.7. The van der Waals surface area contributed by atoms with Gasteiger partial charge in [-0.2, -0.15) is 0 Å². The number of rotatable bonds is 38. The van der Waals surface area contributed by atoms with Gasteiger partial charge in [0.15, 0.2) is 0 Å². The molecular weight excluding hydrogens is 1310 g/mol. The van der Waals surface area contributed by atoms with Gasteiger partial charge in [-0.15, -0.1) is 0 Å². The van der Waals surface area contributed by atoms with E-state index in [0.717, 1.165) is 67.2 Å². The summed E-state index contributed by atoms with van der Waals surface area (Å²) in [5, 5.41) is 60.1. The fraction of sp³-hybridized carbons (Fsp3) is 0.520. The summed E-state index contributed by atoms with van der Waals surface area (Å²) in [5.74, 6) is -7.36. The highest BCUT2D eigenvalue weighted by Crippen LogP contribution is 2.16. The third kappa shape index (κ3) is 40.2. The number of nitrogens with two attached hydrogens (primary N) is 2. The summed E-state index contributed by atoms with van der Waals surface area (Å²) in [6.45, 7) is 21.3. The quantitative estimate of drug-likeness (QED) is 0.0266. The average molecular weight is 1430 g/mol. The molecule has 566 valence electrons. The Morgan fingerprint density at radius 2 is 0.608 bits per heavy atom. The van der Waals surface area contributed by atoms with Crippen molar-refractivity contribution >= 4 is 70.7 Å². The molecule has 0 saturated carbocycles. The Bertz CT molecular complexity index is 2950. The van der Waals surface area contributed by atoms with Crippen LogP contribution < -0.4 is 59.3 Å². The van der Waals surface area contributed by atoms with E-state index in [9.17, 15) is 72.9 Å². The van der Waals surface area contributed by atoms with Gasteiger partial charge < -0.3 is 79.7 Å². The van der Waals surface area contributed by atoms with E-state index in [2.05, 4.69) is 47.9 Å². The van der Waals surface area contributed by atoms with E-state index in [1.807, 2.05) is 191 Å². The van der Waals surface area contributed by atoms with Crippen molar-refractivity contribution in [1.29, 1.82) is 0 Å². The molecule has 0 fully saturated rings. The monoisotopic (exact) mass is 1430 g/mol. The van der Waals surface area contributed by atoms with Crippen molar-refractivity contribution in [1.82, 2.24) is 47.9 Å². The molecule has 0 saturated heterocycles. The van der Waals surface area contributed by atoms with Gasteiger partial charge in [-0.1, -0.05) is 209 Å². The molecule has 0 radical (unpaired) electrons. The van der Waals surface area contributed by atoms with Crippen LogP contribution in [0.15, 0.2) is 121 Å². The molecule has 12 atom stereocenters. The molecule has 0 aliphatic rings. The first kappa shape index (κ1) is 92.7. The van der Waals surface area contributed by atoms with Gasteiger partial charge in [0.1, 0.15) is 24.9 Å². The lowest BCUT2D eigenvalue weighted by atomic mass is 9.99. The predicted octanol–water partition coefficient (Wildman–Crippen LogP) is 4.89. The molecule has 9 amide bonds. The maximum absolute atomic E-state index is 11.8. The van der Waals surface area contributed by atoms with E-state index in [4.69, 9.17) is 16.6 Å². The molecule has 0 aliphatic carbocycles. The van der Waals surface area contributed by atoms with Crippen LogP contribution in [-0.4, -0.2) is 154 Å². The Labute approximate surface area is 601 Å². The third-order valence-corrected chi connectivity index (χ3v) is 15.7. The molecule has 0 spiro atoms. The van der Waals surface area contributed by atoms with Gasteiger partial charge in [0.05, 0.1) is 56.4 Å². The minimum absolute atomic E-state index is 0.115. The average Bonchev–Trinajstić information content (AvgIpc) is 1.06. The first-order valence-electron chi connectivity index (χ1n) is 34.9. The number of aliphatic hydroxyl groups excluding tert-OH is 3. The second-order valence-electron chi connectivity index (χ2n) is 24.8. The molecule has 12 unspecified atom stereocenters. The maximum Gasteiger partial charge on any atom is 0.322 e. The minimum atomic E-state index is -1.29. The second kappa shape index (κ2) is 53.6. The molecule has 4 aromatic rings. The number of carbonyl (C=O) groups is 12. The molecule has 0 aliphatic heterocycles. The fourth-order valence-electron chi connectivity index (χ4n) is 9.60. The number of ketones is 2. The lowest BCUT2D eigenvalue weighted by Crippen LogP contribution is -2.48. The molecule has 17 N–H and O–H groups in total. The summed E-state index contributed by atoms with van der Waals surface area (Å²) in [6, 6.07) is 36.1. The van der Waals surface area contributed by atoms with Gasteiger partial charge in [-0.3, -0.25) is 57.5 Å². The fourth-order valence-corrected chi connectivity index (χ4v) is 9.60. The van der Waals surface area contributed by atoms with Crippen LogP contribution in [0, 0.1) is 17.8 Å². The molecule has 4 aromatic carbocycles. The molecule has 0 bridgehead atoms. The number of carboxylic acid groups (broad SMARTS) is 1. The van der Waals surface area contributed by atoms with E-state index < -0.39 is 84.0 Å². The van der Waals surface area contributed by atoms with Gasteiger partial charge in [-0.05, 0) is 93.9 Å². The number of Topliss-reactive ketones (excluding diaryl/α,β-unsaturated/α-hetero) is 2. The van der Waals surface area contributed by atoms with Crippen LogP contribution >= 0.6 is 0 Å². The SMILES string of the molecule is CCCC(C)C(=O)C(=O)NCC(=O)NC(C)c1ccccc1.CCCC(C)C(O)C(=O)NCC(=O)NC(C)c1ccccc1.CCCC(C)C(O)C(=O)NCC(=O)O.CCCC(N)C(=O)C(=O)NCC(=O)NC(C)c1ccccc1.CCCC(N)C(O)C(=O)NCC(=O)NC(C)c1ccccc1. The van der Waals surface area contributed by atoms with Gasteiger partial charge in [-0.25, -0.2) is 0 Å². The maximum atomic E-state index is 11.8. The van der Waals surface area contributed by atoms with Crippen LogP contribution in [0.25, 0.3) is 0 Å². The Balaban J connectivity index is 0.00000126. The zero-order chi connectivity index (χ0) is 77.3. The van der Waals surface area contributed by atoms with Crippen LogP contribution in [0.2, 0.25) is 0 Å². The van der Waals surface area contributed by atoms with E-state index in [1.54, 1.807) is 13.8 Å². The molecular formula is C75H115N11O16. The summed E-state index contributed by atoms with van der Waals surface area (Å²) in [5.41, 5.74) is 15.2. The van der Waals surface area contributed by atoms with Crippen molar-refractivity contribution in [3.8, 4) is 0 Å². The highest BCUT2D eigenvalue weighted by molar-refractivity contribution is 6.38. The number of hydrogen-bond donors (Lipinski definition) is 15. The number of nitrogens with one attached hydrogen (secondary N) is 9. The molecule has 0 heterocycles. The lowest BCUT2D eigenvalue weighted by molar-refractivity contribution is -0.140. The number of amides is 9. The lowest BCUT2D eigenvalue weighted by Gasteiger charge is -2.18. The van der Waals surface area contributed by atoms with Crippen molar-refractivity contribution in [3.05, 3.63) is 144 Å². The first-order chi connectivity index (χ1) is 48.3. The van der Waals surface area contributed by atoms with Crippen LogP contribution in [0.1, 0.15) is 194 Å². The van der Waals surface area contributed by atoms with Crippen LogP contribution in [0.4, 0.5) is 0 Å². The summed E-state index contributed by atoms with van der Waals surface area (Å²) >= 11 is 0. The normalized spacial score (nSPS) is 14.0. The molecule has 0 aromatic heterocycles. The molecule has 4 rings (SSSR count). The summed E-state index contributed by atoms with van der Waals surface area (Å²) in [6.07, 6.45) is 3.82. The van der Waals surface area contributed by atoms with Gasteiger partial charge in [0.25, 0.3) is 17.7 Å². The van der Waals surface area contributed by atoms with Crippen molar-refractivity contribution in [3.63, 3.8) is 0 Å². The predicted molar refractivity (Wildman–Crippen MR) is 391 cm³/mol. The number of carboxylic acids is 1. The zero-order valence-corrected chi connectivity index (χ0v) is 61.4. The summed E-state index contributed by atoms with van der Waals surface area (Å²) < 4.78 is 0. The van der Waals surface area contributed by atoms with Crippen molar-refractivity contribution in [2.45, 2.75) is 202 Å². The Kier molecular flexibility index (Phi) is 48.7. The number of carbonyl (C=O) groups excluding carboxylic acids is 11. The standard InChI is InChI=1S/C17H26N2O3.C17H24N2O3.C16H25N3O3.C16H23N3O3.C9H17NO4/c2*1-4-8-12(2)16(21)17(22)18-11-15(20)19-13(3)14-9-6-5-7-10-14;2*1-3-7-13(17)15(21)16(22)18-10-14(20)19-11(2)12-8-5-4-6-9-12;1-3-4-6(2)8(13)9(14)10-5-7(11)12/h5-7,9-10,12-13,16,21H,4,8,11H2,1-3H3,(H,18,22)(H,19,20);5-7,9-10,12-13H,4,8,11H2,1-3H3,(H,18,22)(H,19,20);4-6,8-9,11,13,15,21H,3,7,10,17H2,1-2H3,(H,18,22)(H,19,20);4-6,8-9,11,13H,3,7,10,17H2,1-2H3,(H,18,22)(H,19,20);6,8,13H,3-5H2,1-2H3,(H,10,14)(H,11,12).